The van der Waals surface area contributed by atoms with E-state index in [1.807, 2.05) is 30.3 Å². The maximum atomic E-state index is 12.9. The van der Waals surface area contributed by atoms with Crippen molar-refractivity contribution >= 4 is 11.9 Å². The first-order chi connectivity index (χ1) is 12.1. The van der Waals surface area contributed by atoms with Gasteiger partial charge >= 0.3 is 6.03 Å². The van der Waals surface area contributed by atoms with E-state index in [2.05, 4.69) is 10.6 Å². The van der Waals surface area contributed by atoms with E-state index in [9.17, 15) is 14.7 Å². The highest BCUT2D eigenvalue weighted by atomic mass is 16.3. The van der Waals surface area contributed by atoms with Gasteiger partial charge in [0, 0.05) is 6.54 Å². The molecule has 2 aliphatic heterocycles. The maximum Gasteiger partial charge on any atom is 0.319 e. The van der Waals surface area contributed by atoms with Gasteiger partial charge in [0.05, 0.1) is 23.9 Å². The summed E-state index contributed by atoms with van der Waals surface area (Å²) >= 11 is 0. The van der Waals surface area contributed by atoms with E-state index in [0.717, 1.165) is 11.1 Å². The number of carbonyl (C=O) groups is 2. The predicted molar refractivity (Wildman–Crippen MR) is 91.4 cm³/mol. The van der Waals surface area contributed by atoms with E-state index in [4.69, 9.17) is 0 Å². The van der Waals surface area contributed by atoms with Crippen molar-refractivity contribution < 1.29 is 14.7 Å². The van der Waals surface area contributed by atoms with Gasteiger partial charge in [-0.1, -0.05) is 42.5 Å². The van der Waals surface area contributed by atoms with Crippen molar-refractivity contribution in [2.75, 3.05) is 6.54 Å². The summed E-state index contributed by atoms with van der Waals surface area (Å²) in [6.07, 6.45) is 0. The lowest BCUT2D eigenvalue weighted by atomic mass is 9.96. The Balaban J connectivity index is 1.63. The summed E-state index contributed by atoms with van der Waals surface area (Å²) in [5, 5.41) is 15.0. The highest BCUT2D eigenvalue weighted by Crippen LogP contribution is 2.33. The van der Waals surface area contributed by atoms with Gasteiger partial charge in [-0.15, -0.1) is 0 Å². The van der Waals surface area contributed by atoms with E-state index in [0.29, 0.717) is 24.4 Å². The van der Waals surface area contributed by atoms with Crippen LogP contribution in [0.4, 0.5) is 4.79 Å². The third-order valence-corrected chi connectivity index (χ3v) is 4.46. The molecular weight excluding hydrogens is 318 g/mol. The number of urea groups is 1. The maximum absolute atomic E-state index is 12.9. The van der Waals surface area contributed by atoms with Crippen LogP contribution < -0.4 is 10.6 Å². The number of amides is 3. The molecule has 2 aromatic rings. The van der Waals surface area contributed by atoms with Gasteiger partial charge in [-0.05, 0) is 23.3 Å². The fourth-order valence-electron chi connectivity index (χ4n) is 3.28. The Labute approximate surface area is 144 Å². The Hall–Kier alpha value is -3.28. The molecule has 0 bridgehead atoms. The summed E-state index contributed by atoms with van der Waals surface area (Å²) < 4.78 is 0. The van der Waals surface area contributed by atoms with Gasteiger partial charge in [0.15, 0.2) is 0 Å². The summed E-state index contributed by atoms with van der Waals surface area (Å²) in [4.78, 5) is 26.6. The summed E-state index contributed by atoms with van der Waals surface area (Å²) in [6, 6.07) is 15.4. The number of hydrogen-bond donors (Lipinski definition) is 3. The van der Waals surface area contributed by atoms with Gasteiger partial charge in [0.25, 0.3) is 5.91 Å². The standard InChI is InChI=1S/C19H17N3O3/c23-14-8-6-13(7-9-14)17-16-15(20-19(25)21-17)11-22(18(16)24)10-12-4-2-1-3-5-12/h1-9,17,23H,10-11H2,(H2,20,21,25)/t17-/m1/s1. The van der Waals surface area contributed by atoms with Crippen molar-refractivity contribution in [2.45, 2.75) is 12.6 Å². The topological polar surface area (TPSA) is 81.7 Å². The Bertz CT molecular complexity index is 859. The van der Waals surface area contributed by atoms with E-state index in [1.165, 1.54) is 0 Å². The molecule has 126 valence electrons. The van der Waals surface area contributed by atoms with Crippen molar-refractivity contribution in [3.63, 3.8) is 0 Å². The number of hydrogen-bond acceptors (Lipinski definition) is 3. The van der Waals surface area contributed by atoms with Crippen LogP contribution in [-0.4, -0.2) is 28.5 Å². The van der Waals surface area contributed by atoms with Crippen molar-refractivity contribution in [2.24, 2.45) is 0 Å². The molecule has 0 saturated carbocycles. The number of phenols is 1. The summed E-state index contributed by atoms with van der Waals surface area (Å²) in [7, 11) is 0. The zero-order valence-electron chi connectivity index (χ0n) is 13.4. The number of benzene rings is 2. The molecule has 0 radical (unpaired) electrons. The van der Waals surface area contributed by atoms with Gasteiger partial charge in [-0.25, -0.2) is 4.79 Å². The van der Waals surface area contributed by atoms with Crippen LogP contribution in [0.25, 0.3) is 0 Å². The quantitative estimate of drug-likeness (QED) is 0.803. The molecule has 6 nitrogen and oxygen atoms in total. The van der Waals surface area contributed by atoms with Crippen LogP contribution in [0.3, 0.4) is 0 Å². The van der Waals surface area contributed by atoms with Crippen molar-refractivity contribution in [1.29, 1.82) is 0 Å². The smallest absolute Gasteiger partial charge is 0.319 e. The molecule has 0 aromatic heterocycles. The third-order valence-electron chi connectivity index (χ3n) is 4.46. The van der Waals surface area contributed by atoms with Crippen molar-refractivity contribution in [3.8, 4) is 5.75 Å². The van der Waals surface area contributed by atoms with Crippen LogP contribution in [-0.2, 0) is 11.3 Å². The Morgan fingerprint density at radius 1 is 1.04 bits per heavy atom. The van der Waals surface area contributed by atoms with Crippen LogP contribution in [0.2, 0.25) is 0 Å². The molecule has 3 N–H and O–H groups in total. The number of rotatable bonds is 3. The molecule has 2 aromatic carbocycles. The fraction of sp³-hybridized carbons (Fsp3) is 0.158. The second kappa shape index (κ2) is 5.98. The van der Waals surface area contributed by atoms with Crippen LogP contribution in [0.15, 0.2) is 65.9 Å². The molecule has 0 spiro atoms. The monoisotopic (exact) mass is 335 g/mol. The van der Waals surface area contributed by atoms with Gasteiger partial charge in [-0.2, -0.15) is 0 Å². The average Bonchev–Trinajstić information content (AvgIpc) is 2.91. The summed E-state index contributed by atoms with van der Waals surface area (Å²) in [5.74, 6) is 0.0473. The van der Waals surface area contributed by atoms with E-state index in [-0.39, 0.29) is 17.7 Å². The predicted octanol–water partition coefficient (Wildman–Crippen LogP) is 2.04. The molecule has 0 fully saturated rings. The van der Waals surface area contributed by atoms with Gasteiger partial charge in [0.1, 0.15) is 5.75 Å². The van der Waals surface area contributed by atoms with Crippen molar-refractivity contribution in [3.05, 3.63) is 77.0 Å². The molecule has 0 unspecified atom stereocenters. The third kappa shape index (κ3) is 2.82. The average molecular weight is 335 g/mol. The second-order valence-corrected chi connectivity index (χ2v) is 6.16. The minimum absolute atomic E-state index is 0.0931. The molecule has 3 amide bonds. The molecular formula is C19H17N3O3. The first kappa shape index (κ1) is 15.3. The van der Waals surface area contributed by atoms with Gasteiger partial charge in [-0.3, -0.25) is 4.79 Å². The molecule has 6 heteroatoms. The Morgan fingerprint density at radius 2 is 1.76 bits per heavy atom. The first-order valence-corrected chi connectivity index (χ1v) is 8.04. The van der Waals surface area contributed by atoms with Crippen LogP contribution in [0.5, 0.6) is 5.75 Å². The minimum atomic E-state index is -0.516. The number of nitrogens with zero attached hydrogens (tertiary/aromatic N) is 1. The lowest BCUT2D eigenvalue weighted by Crippen LogP contribution is -2.44. The zero-order valence-corrected chi connectivity index (χ0v) is 13.4. The van der Waals surface area contributed by atoms with E-state index in [1.54, 1.807) is 29.2 Å². The Kier molecular flexibility index (Phi) is 3.65. The zero-order chi connectivity index (χ0) is 17.4. The largest absolute Gasteiger partial charge is 0.508 e. The first-order valence-electron chi connectivity index (χ1n) is 8.04. The van der Waals surface area contributed by atoms with Crippen molar-refractivity contribution in [1.82, 2.24) is 15.5 Å². The minimum Gasteiger partial charge on any atom is -0.508 e. The molecule has 4 rings (SSSR count). The van der Waals surface area contributed by atoms with Gasteiger partial charge < -0.3 is 20.6 Å². The fourth-order valence-corrected chi connectivity index (χ4v) is 3.28. The number of nitrogens with one attached hydrogen (secondary N) is 2. The molecule has 0 aliphatic carbocycles. The summed E-state index contributed by atoms with van der Waals surface area (Å²) in [5.41, 5.74) is 3.00. The lowest BCUT2D eigenvalue weighted by Gasteiger charge is -2.25. The molecule has 25 heavy (non-hydrogen) atoms. The SMILES string of the molecule is O=C1NC2=C(C(=O)N(Cc3ccccc3)C2)[C@@H](c2ccc(O)cc2)N1. The molecule has 1 atom stereocenters. The lowest BCUT2D eigenvalue weighted by molar-refractivity contribution is -0.126. The number of aromatic hydroxyl groups is 1. The highest BCUT2D eigenvalue weighted by molar-refractivity contribution is 6.01. The molecule has 2 heterocycles. The second-order valence-electron chi connectivity index (χ2n) is 6.16. The number of carbonyl (C=O) groups excluding carboxylic acids is 2. The molecule has 2 aliphatic rings. The van der Waals surface area contributed by atoms with E-state index < -0.39 is 6.04 Å². The summed E-state index contributed by atoms with van der Waals surface area (Å²) in [6.45, 7) is 0.871. The van der Waals surface area contributed by atoms with Gasteiger partial charge in [0.2, 0.25) is 0 Å². The normalized spacial score (nSPS) is 19.5. The molecule has 0 saturated heterocycles. The number of phenolic OH excluding ortho intramolecular Hbond substituents is 1. The Morgan fingerprint density at radius 3 is 2.48 bits per heavy atom. The van der Waals surface area contributed by atoms with E-state index >= 15 is 0 Å². The highest BCUT2D eigenvalue weighted by Gasteiger charge is 2.40. The van der Waals surface area contributed by atoms with Crippen LogP contribution in [0.1, 0.15) is 17.2 Å². The van der Waals surface area contributed by atoms with Crippen LogP contribution in [0, 0.1) is 0 Å². The van der Waals surface area contributed by atoms with Crippen LogP contribution >= 0.6 is 0 Å².